The van der Waals surface area contributed by atoms with E-state index in [1.165, 1.54) is 0 Å². The molecule has 0 saturated carbocycles. The fourth-order valence-electron chi connectivity index (χ4n) is 2.12. The molecule has 3 nitrogen and oxygen atoms in total. The summed E-state index contributed by atoms with van der Waals surface area (Å²) in [5.41, 5.74) is 1.05. The molecule has 0 aliphatic carbocycles. The quantitative estimate of drug-likeness (QED) is 0.674. The van der Waals surface area contributed by atoms with Crippen molar-refractivity contribution < 1.29 is 8.42 Å². The van der Waals surface area contributed by atoms with Crippen LogP contribution in [0.5, 0.6) is 0 Å². The van der Waals surface area contributed by atoms with Gasteiger partial charge in [-0.25, -0.2) is 13.1 Å². The van der Waals surface area contributed by atoms with Crippen LogP contribution in [0.1, 0.15) is 31.7 Å². The maximum atomic E-state index is 12.0. The maximum Gasteiger partial charge on any atom is 0.211 e. The van der Waals surface area contributed by atoms with E-state index in [-0.39, 0.29) is 5.75 Å². The van der Waals surface area contributed by atoms with Crippen molar-refractivity contribution in [3.05, 3.63) is 35.9 Å². The van der Waals surface area contributed by atoms with Crippen LogP contribution in [-0.4, -0.2) is 26.6 Å². The van der Waals surface area contributed by atoms with Crippen LogP contribution in [0.25, 0.3) is 0 Å². The van der Waals surface area contributed by atoms with Gasteiger partial charge in [-0.2, -0.15) is 0 Å². The van der Waals surface area contributed by atoms with Gasteiger partial charge in [-0.05, 0) is 30.7 Å². The van der Waals surface area contributed by atoms with Gasteiger partial charge in [0.15, 0.2) is 0 Å². The minimum absolute atomic E-state index is 0.136. The van der Waals surface area contributed by atoms with Crippen molar-refractivity contribution in [2.75, 3.05) is 18.2 Å². The number of benzene rings is 1. The van der Waals surface area contributed by atoms with Gasteiger partial charge >= 0.3 is 0 Å². The van der Waals surface area contributed by atoms with Gasteiger partial charge in [0.25, 0.3) is 0 Å². The molecule has 114 valence electrons. The summed E-state index contributed by atoms with van der Waals surface area (Å²) < 4.78 is 26.7. The highest BCUT2D eigenvalue weighted by Crippen LogP contribution is 2.11. The predicted molar refractivity (Wildman–Crippen MR) is 85.7 cm³/mol. The third-order valence-electron chi connectivity index (χ3n) is 3.31. The van der Waals surface area contributed by atoms with Crippen molar-refractivity contribution >= 4 is 21.6 Å². The monoisotopic (exact) mass is 317 g/mol. The normalized spacial score (nSPS) is 13.3. The molecular formula is C15H24ClNO2S. The molecule has 5 heteroatoms. The van der Waals surface area contributed by atoms with Crippen molar-refractivity contribution in [1.29, 1.82) is 0 Å². The number of aryl methyl sites for hydroxylation is 1. The van der Waals surface area contributed by atoms with Gasteiger partial charge in [0.05, 0.1) is 5.75 Å². The number of halogens is 1. The first-order valence-electron chi connectivity index (χ1n) is 7.14. The van der Waals surface area contributed by atoms with Gasteiger partial charge in [-0.15, -0.1) is 11.6 Å². The molecule has 1 atom stereocenters. The number of nitrogens with one attached hydrogen (secondary N) is 1. The van der Waals surface area contributed by atoms with Crippen LogP contribution in [0.3, 0.4) is 0 Å². The second-order valence-electron chi connectivity index (χ2n) is 5.04. The Kier molecular flexibility index (Phi) is 8.19. The number of hydrogen-bond acceptors (Lipinski definition) is 2. The molecule has 0 bridgehead atoms. The first-order valence-corrected chi connectivity index (χ1v) is 9.33. The van der Waals surface area contributed by atoms with Gasteiger partial charge in [0.2, 0.25) is 10.0 Å². The van der Waals surface area contributed by atoms with Crippen LogP contribution in [0, 0.1) is 5.92 Å². The Balaban J connectivity index is 2.40. The molecule has 0 radical (unpaired) electrons. The van der Waals surface area contributed by atoms with E-state index in [2.05, 4.69) is 11.6 Å². The van der Waals surface area contributed by atoms with E-state index in [1.54, 1.807) is 0 Å². The average molecular weight is 318 g/mol. The molecule has 20 heavy (non-hydrogen) atoms. The molecule has 0 heterocycles. The Morgan fingerprint density at radius 3 is 2.50 bits per heavy atom. The summed E-state index contributed by atoms with van der Waals surface area (Å²) >= 11 is 5.75. The molecule has 0 aromatic heterocycles. The van der Waals surface area contributed by atoms with Crippen LogP contribution in [-0.2, 0) is 16.4 Å². The van der Waals surface area contributed by atoms with Crippen LogP contribution >= 0.6 is 11.6 Å². The Bertz CT molecular complexity index is 456. The lowest BCUT2D eigenvalue weighted by Crippen LogP contribution is -2.32. The molecule has 1 rings (SSSR count). The first-order chi connectivity index (χ1) is 9.57. The lowest BCUT2D eigenvalue weighted by molar-refractivity contribution is 0.457. The Morgan fingerprint density at radius 2 is 1.90 bits per heavy atom. The van der Waals surface area contributed by atoms with Crippen LogP contribution in [0.4, 0.5) is 0 Å². The predicted octanol–water partition coefficient (Wildman–Crippen LogP) is 3.19. The minimum Gasteiger partial charge on any atom is -0.215 e. The highest BCUT2D eigenvalue weighted by atomic mass is 35.5. The molecule has 1 aromatic carbocycles. The summed E-state index contributed by atoms with van der Waals surface area (Å²) in [4.78, 5) is 0. The summed E-state index contributed by atoms with van der Waals surface area (Å²) in [6.07, 6.45) is 3.46. The van der Waals surface area contributed by atoms with Crippen molar-refractivity contribution in [3.8, 4) is 0 Å². The number of sulfonamides is 1. The molecule has 0 spiro atoms. The zero-order valence-corrected chi connectivity index (χ0v) is 13.6. The van der Waals surface area contributed by atoms with Crippen molar-refractivity contribution in [3.63, 3.8) is 0 Å². The van der Waals surface area contributed by atoms with E-state index in [9.17, 15) is 8.42 Å². The molecule has 0 aliphatic heterocycles. The molecule has 1 aromatic rings. The first kappa shape index (κ1) is 17.5. The molecule has 0 aliphatic rings. The highest BCUT2D eigenvalue weighted by Gasteiger charge is 2.14. The fraction of sp³-hybridized carbons (Fsp3) is 0.600. The second kappa shape index (κ2) is 9.37. The van der Waals surface area contributed by atoms with E-state index in [4.69, 9.17) is 11.6 Å². The average Bonchev–Trinajstić information content (AvgIpc) is 2.45. The largest absolute Gasteiger partial charge is 0.215 e. The molecule has 0 amide bonds. The van der Waals surface area contributed by atoms with E-state index in [0.29, 0.717) is 24.8 Å². The third kappa shape index (κ3) is 7.27. The molecular weight excluding hydrogens is 294 g/mol. The minimum atomic E-state index is -3.20. The SMILES string of the molecule is CCCC(CCCl)CNS(=O)(=O)CCc1ccccc1. The highest BCUT2D eigenvalue weighted by molar-refractivity contribution is 7.89. The Hall–Kier alpha value is -0.580. The third-order valence-corrected chi connectivity index (χ3v) is 4.87. The summed E-state index contributed by atoms with van der Waals surface area (Å²) in [7, 11) is -3.20. The number of hydrogen-bond donors (Lipinski definition) is 1. The van der Waals surface area contributed by atoms with Crippen molar-refractivity contribution in [2.24, 2.45) is 5.92 Å². The number of rotatable bonds is 10. The smallest absolute Gasteiger partial charge is 0.211 e. The summed E-state index contributed by atoms with van der Waals surface area (Å²) in [5, 5.41) is 0. The van der Waals surface area contributed by atoms with E-state index in [0.717, 1.165) is 24.8 Å². The Labute approximate surface area is 127 Å². The zero-order chi connectivity index (χ0) is 14.8. The molecule has 1 unspecified atom stereocenters. The van der Waals surface area contributed by atoms with Crippen LogP contribution < -0.4 is 4.72 Å². The lowest BCUT2D eigenvalue weighted by Gasteiger charge is -2.15. The summed E-state index contributed by atoms with van der Waals surface area (Å²) in [5.74, 6) is 1.05. The van der Waals surface area contributed by atoms with E-state index < -0.39 is 10.0 Å². The van der Waals surface area contributed by atoms with Crippen molar-refractivity contribution in [2.45, 2.75) is 32.6 Å². The topological polar surface area (TPSA) is 46.2 Å². The van der Waals surface area contributed by atoms with Gasteiger partial charge in [-0.3, -0.25) is 0 Å². The van der Waals surface area contributed by atoms with E-state index >= 15 is 0 Å². The van der Waals surface area contributed by atoms with Crippen LogP contribution in [0.2, 0.25) is 0 Å². The lowest BCUT2D eigenvalue weighted by atomic mass is 10.0. The Morgan fingerprint density at radius 1 is 1.20 bits per heavy atom. The number of alkyl halides is 1. The van der Waals surface area contributed by atoms with Gasteiger partial charge in [0.1, 0.15) is 0 Å². The van der Waals surface area contributed by atoms with Gasteiger partial charge < -0.3 is 0 Å². The molecule has 0 fully saturated rings. The molecule has 0 saturated heterocycles. The van der Waals surface area contributed by atoms with E-state index in [1.807, 2.05) is 30.3 Å². The summed E-state index contributed by atoms with van der Waals surface area (Å²) in [6, 6.07) is 9.67. The summed E-state index contributed by atoms with van der Waals surface area (Å²) in [6.45, 7) is 2.60. The zero-order valence-electron chi connectivity index (χ0n) is 12.0. The second-order valence-corrected chi connectivity index (χ2v) is 7.34. The fourth-order valence-corrected chi connectivity index (χ4v) is 3.57. The molecule has 1 N–H and O–H groups in total. The standard InChI is InChI=1S/C15H24ClNO2S/c1-2-6-15(9-11-16)13-17-20(18,19)12-10-14-7-4-3-5-8-14/h3-5,7-8,15,17H,2,6,9-13H2,1H3. The van der Waals surface area contributed by atoms with Gasteiger partial charge in [-0.1, -0.05) is 43.7 Å². The van der Waals surface area contributed by atoms with Crippen LogP contribution in [0.15, 0.2) is 30.3 Å². The van der Waals surface area contributed by atoms with Crippen molar-refractivity contribution in [1.82, 2.24) is 4.72 Å². The maximum absolute atomic E-state index is 12.0. The van der Waals surface area contributed by atoms with Gasteiger partial charge in [0, 0.05) is 12.4 Å².